The third-order valence-corrected chi connectivity index (χ3v) is 9.10. The van der Waals surface area contributed by atoms with E-state index in [0.717, 1.165) is 17.0 Å². The summed E-state index contributed by atoms with van der Waals surface area (Å²) in [5.74, 6) is -0.662. The minimum absolute atomic E-state index is 0.139. The number of aryl methyl sites for hydroxylation is 1. The van der Waals surface area contributed by atoms with Crippen LogP contribution in [0.1, 0.15) is 32.4 Å². The van der Waals surface area contributed by atoms with Crippen molar-refractivity contribution in [2.75, 3.05) is 37.0 Å². The van der Waals surface area contributed by atoms with E-state index in [1.54, 1.807) is 9.47 Å². The van der Waals surface area contributed by atoms with Gasteiger partial charge in [0, 0.05) is 65.0 Å². The van der Waals surface area contributed by atoms with E-state index in [1.165, 1.54) is 23.9 Å². The van der Waals surface area contributed by atoms with E-state index in [4.69, 9.17) is 16.3 Å². The monoisotopic (exact) mass is 588 g/mol. The van der Waals surface area contributed by atoms with Gasteiger partial charge in [-0.25, -0.2) is 13.6 Å². The number of amides is 1. The molecule has 1 fully saturated rings. The molecular formula is C29H31ClF2N4O3S. The molecule has 40 heavy (non-hydrogen) atoms. The third kappa shape index (κ3) is 4.80. The number of hydrogen-bond acceptors (Lipinski definition) is 6. The minimum Gasteiger partial charge on any atom is -0.380 e. The number of carbonyl (C=O) groups is 1. The third-order valence-electron chi connectivity index (χ3n) is 7.57. The van der Waals surface area contributed by atoms with Crippen LogP contribution in [0.5, 0.6) is 0 Å². The van der Waals surface area contributed by atoms with Gasteiger partial charge in [0.1, 0.15) is 17.5 Å². The number of benzene rings is 2. The fourth-order valence-corrected chi connectivity index (χ4v) is 7.45. The zero-order valence-corrected chi connectivity index (χ0v) is 24.4. The number of rotatable bonds is 6. The van der Waals surface area contributed by atoms with Crippen molar-refractivity contribution >= 4 is 46.0 Å². The minimum atomic E-state index is -0.833. The van der Waals surface area contributed by atoms with E-state index in [1.807, 2.05) is 38.7 Å². The molecule has 2 aromatic carbocycles. The van der Waals surface area contributed by atoms with Gasteiger partial charge in [-0.05, 0) is 51.5 Å². The Hall–Kier alpha value is -2.95. The predicted octanol–water partition coefficient (Wildman–Crippen LogP) is 5.60. The van der Waals surface area contributed by atoms with Gasteiger partial charge in [0.15, 0.2) is 0 Å². The summed E-state index contributed by atoms with van der Waals surface area (Å²) in [6.45, 7) is 13.1. The normalized spacial score (nSPS) is 20.7. The van der Waals surface area contributed by atoms with Crippen molar-refractivity contribution in [2.24, 2.45) is 0 Å². The SMILES string of the molecule is C=CC(=O)N1[C@H](C)CN(c2nc(=O)n3c4c(c(-c5cc(Cl)c(F)cc5F)c(C)cc24)SCC3COCC)C[C@@H]1C. The number of ether oxygens (including phenoxy) is 1. The zero-order chi connectivity index (χ0) is 28.9. The molecular weight excluding hydrogens is 558 g/mol. The molecule has 212 valence electrons. The number of carbonyl (C=O) groups excluding carboxylic acids is 1. The van der Waals surface area contributed by atoms with Gasteiger partial charge >= 0.3 is 5.69 Å². The van der Waals surface area contributed by atoms with Gasteiger partial charge in [-0.3, -0.25) is 9.36 Å². The summed E-state index contributed by atoms with van der Waals surface area (Å²) in [7, 11) is 0. The lowest BCUT2D eigenvalue weighted by molar-refractivity contribution is -0.130. The van der Waals surface area contributed by atoms with Crippen LogP contribution in [0, 0.1) is 18.6 Å². The highest BCUT2D eigenvalue weighted by atomic mass is 35.5. The van der Waals surface area contributed by atoms with E-state index < -0.39 is 17.3 Å². The summed E-state index contributed by atoms with van der Waals surface area (Å²) in [5, 5.41) is 0.571. The quantitative estimate of drug-likeness (QED) is 0.276. The van der Waals surface area contributed by atoms with Crippen molar-refractivity contribution in [2.45, 2.75) is 50.7 Å². The molecule has 3 aromatic rings. The Morgan fingerprint density at radius 1 is 1.23 bits per heavy atom. The summed E-state index contributed by atoms with van der Waals surface area (Å²) >= 11 is 7.59. The summed E-state index contributed by atoms with van der Waals surface area (Å²) < 4.78 is 36.6. The average molecular weight is 589 g/mol. The molecule has 2 aliphatic heterocycles. The number of nitrogens with zero attached hydrogens (tertiary/aromatic N) is 4. The van der Waals surface area contributed by atoms with E-state index in [2.05, 4.69) is 11.6 Å². The van der Waals surface area contributed by atoms with Crippen LogP contribution in [0.15, 0.2) is 40.5 Å². The standard InChI is InChI=1S/C29H31ClF2N4O3S/c1-6-24(37)35-16(4)11-34(12-17(35)5)28-20-8-15(3)25(19-9-21(30)23(32)10-22(19)31)27-26(20)36(29(38)33-28)18(14-40-27)13-39-7-2/h6,8-10,16-18H,1,7,11-14H2,2-5H3/t16-,17+,18?. The van der Waals surface area contributed by atoms with E-state index in [0.29, 0.717) is 53.8 Å². The second kappa shape index (κ2) is 11.1. The van der Waals surface area contributed by atoms with Crippen LogP contribution in [0.4, 0.5) is 14.6 Å². The van der Waals surface area contributed by atoms with Gasteiger partial charge in [0.05, 0.1) is 23.2 Å². The van der Waals surface area contributed by atoms with Crippen LogP contribution >= 0.6 is 23.4 Å². The molecule has 5 rings (SSSR count). The first-order valence-electron chi connectivity index (χ1n) is 13.2. The van der Waals surface area contributed by atoms with E-state index in [-0.39, 0.29) is 34.6 Å². The molecule has 1 aromatic heterocycles. The number of piperazine rings is 1. The van der Waals surface area contributed by atoms with Crippen LogP contribution in [-0.4, -0.2) is 64.5 Å². The molecule has 0 N–H and O–H groups in total. The molecule has 7 nitrogen and oxygen atoms in total. The summed E-state index contributed by atoms with van der Waals surface area (Å²) in [6.07, 6.45) is 1.32. The Labute approximate surface area is 240 Å². The zero-order valence-electron chi connectivity index (χ0n) is 22.8. The van der Waals surface area contributed by atoms with Crippen LogP contribution in [0.25, 0.3) is 22.0 Å². The number of thioether (sulfide) groups is 1. The van der Waals surface area contributed by atoms with Gasteiger partial charge < -0.3 is 14.5 Å². The van der Waals surface area contributed by atoms with Gasteiger partial charge in [0.25, 0.3) is 0 Å². The van der Waals surface area contributed by atoms with Gasteiger partial charge in [-0.1, -0.05) is 18.2 Å². The summed E-state index contributed by atoms with van der Waals surface area (Å²) in [5.41, 5.74) is 1.70. The topological polar surface area (TPSA) is 67.7 Å². The molecule has 11 heteroatoms. The lowest BCUT2D eigenvalue weighted by atomic mass is 9.96. The highest BCUT2D eigenvalue weighted by Gasteiger charge is 2.35. The van der Waals surface area contributed by atoms with Crippen LogP contribution in [0.2, 0.25) is 5.02 Å². The summed E-state index contributed by atoms with van der Waals surface area (Å²) in [6, 6.07) is 3.44. The lowest BCUT2D eigenvalue weighted by Crippen LogP contribution is -2.58. The fraction of sp³-hybridized carbons (Fsp3) is 0.414. The molecule has 3 heterocycles. The van der Waals surface area contributed by atoms with Crippen molar-refractivity contribution in [1.82, 2.24) is 14.5 Å². The van der Waals surface area contributed by atoms with Crippen molar-refractivity contribution in [3.8, 4) is 11.1 Å². The Morgan fingerprint density at radius 2 is 1.93 bits per heavy atom. The molecule has 0 aliphatic carbocycles. The first kappa shape index (κ1) is 28.6. The highest BCUT2D eigenvalue weighted by molar-refractivity contribution is 7.99. The molecule has 1 saturated heterocycles. The van der Waals surface area contributed by atoms with E-state index in [9.17, 15) is 14.0 Å². The fourth-order valence-electron chi connectivity index (χ4n) is 5.92. The van der Waals surface area contributed by atoms with Crippen molar-refractivity contribution in [3.63, 3.8) is 0 Å². The highest BCUT2D eigenvalue weighted by Crippen LogP contribution is 2.47. The van der Waals surface area contributed by atoms with Crippen molar-refractivity contribution < 1.29 is 18.3 Å². The van der Waals surface area contributed by atoms with Gasteiger partial charge in [-0.15, -0.1) is 11.8 Å². The van der Waals surface area contributed by atoms with Gasteiger partial charge in [-0.2, -0.15) is 4.98 Å². The molecule has 2 aliphatic rings. The number of hydrogen-bond donors (Lipinski definition) is 0. The number of anilines is 1. The Bertz CT molecular complexity index is 1570. The maximum absolute atomic E-state index is 15.2. The maximum atomic E-state index is 15.2. The second-order valence-corrected chi connectivity index (χ2v) is 11.7. The number of halogens is 3. The maximum Gasteiger partial charge on any atom is 0.350 e. The first-order valence-corrected chi connectivity index (χ1v) is 14.6. The van der Waals surface area contributed by atoms with Crippen LogP contribution in [-0.2, 0) is 9.53 Å². The molecule has 1 unspecified atom stereocenters. The van der Waals surface area contributed by atoms with Crippen LogP contribution < -0.4 is 10.6 Å². The predicted molar refractivity (Wildman–Crippen MR) is 156 cm³/mol. The average Bonchev–Trinajstić information content (AvgIpc) is 2.91. The lowest BCUT2D eigenvalue weighted by Gasteiger charge is -2.45. The molecule has 3 atom stereocenters. The Morgan fingerprint density at radius 3 is 2.58 bits per heavy atom. The number of aromatic nitrogens is 2. The molecule has 0 radical (unpaired) electrons. The Kier molecular flexibility index (Phi) is 7.96. The second-order valence-electron chi connectivity index (χ2n) is 10.3. The first-order chi connectivity index (χ1) is 19.1. The van der Waals surface area contributed by atoms with Crippen LogP contribution in [0.3, 0.4) is 0 Å². The van der Waals surface area contributed by atoms with Crippen molar-refractivity contribution in [1.29, 1.82) is 0 Å². The molecule has 0 saturated carbocycles. The Balaban J connectivity index is 1.75. The molecule has 0 spiro atoms. The van der Waals surface area contributed by atoms with Crippen molar-refractivity contribution in [3.05, 3.63) is 63.6 Å². The van der Waals surface area contributed by atoms with Gasteiger partial charge in [0.2, 0.25) is 5.91 Å². The molecule has 1 amide bonds. The summed E-state index contributed by atoms with van der Waals surface area (Å²) in [4.78, 5) is 35.3. The smallest absolute Gasteiger partial charge is 0.350 e. The molecule has 0 bridgehead atoms. The van der Waals surface area contributed by atoms with E-state index >= 15 is 4.39 Å². The largest absolute Gasteiger partial charge is 0.380 e.